The lowest BCUT2D eigenvalue weighted by Crippen LogP contribution is -2.32. The number of aromatic nitrogens is 2. The van der Waals surface area contributed by atoms with Crippen LogP contribution < -0.4 is 4.74 Å². The Hall–Kier alpha value is -2.08. The average molecular weight is 386 g/mol. The van der Waals surface area contributed by atoms with E-state index >= 15 is 0 Å². The number of thioether (sulfide) groups is 1. The van der Waals surface area contributed by atoms with Gasteiger partial charge in [-0.3, -0.25) is 4.79 Å². The minimum Gasteiger partial charge on any atom is -0.458 e. The summed E-state index contributed by atoms with van der Waals surface area (Å²) >= 11 is 1.83. The lowest BCUT2D eigenvalue weighted by atomic mass is 10.1. The van der Waals surface area contributed by atoms with Crippen LogP contribution in [0.25, 0.3) is 0 Å². The van der Waals surface area contributed by atoms with E-state index in [-0.39, 0.29) is 12.0 Å². The van der Waals surface area contributed by atoms with Gasteiger partial charge in [0.15, 0.2) is 0 Å². The zero-order valence-corrected chi connectivity index (χ0v) is 17.3. The van der Waals surface area contributed by atoms with Crippen LogP contribution in [-0.4, -0.2) is 45.2 Å². The Bertz CT molecular complexity index is 772. The number of hydrogen-bond acceptors (Lipinski definition) is 5. The third kappa shape index (κ3) is 5.70. The van der Waals surface area contributed by atoms with E-state index in [1.807, 2.05) is 36.6 Å². The van der Waals surface area contributed by atoms with Gasteiger partial charge in [-0.2, -0.15) is 0 Å². The van der Waals surface area contributed by atoms with Gasteiger partial charge >= 0.3 is 6.01 Å². The Labute approximate surface area is 165 Å². The van der Waals surface area contributed by atoms with Crippen molar-refractivity contribution in [2.75, 3.05) is 13.1 Å². The Balaban J connectivity index is 1.52. The molecule has 27 heavy (non-hydrogen) atoms. The molecule has 2 aromatic rings. The summed E-state index contributed by atoms with van der Waals surface area (Å²) in [4.78, 5) is 24.4. The number of rotatable bonds is 6. The van der Waals surface area contributed by atoms with Crippen molar-refractivity contribution in [2.45, 2.75) is 56.8 Å². The van der Waals surface area contributed by atoms with E-state index in [0.717, 1.165) is 29.9 Å². The zero-order chi connectivity index (χ0) is 19.4. The zero-order valence-electron chi connectivity index (χ0n) is 16.4. The highest BCUT2D eigenvalue weighted by atomic mass is 32.2. The van der Waals surface area contributed by atoms with Gasteiger partial charge in [-0.15, -0.1) is 11.8 Å². The topological polar surface area (TPSA) is 55.3 Å². The number of benzene rings is 1. The highest BCUT2D eigenvalue weighted by Crippen LogP contribution is 2.23. The van der Waals surface area contributed by atoms with Crippen LogP contribution >= 0.6 is 11.8 Å². The first-order valence-electron chi connectivity index (χ1n) is 9.41. The fraction of sp³-hybridized carbons (Fsp3) is 0.476. The van der Waals surface area contributed by atoms with Crippen molar-refractivity contribution in [1.29, 1.82) is 0 Å². The second-order valence-electron chi connectivity index (χ2n) is 7.29. The number of amides is 1. The Morgan fingerprint density at radius 3 is 2.52 bits per heavy atom. The van der Waals surface area contributed by atoms with Gasteiger partial charge in [0.2, 0.25) is 5.91 Å². The summed E-state index contributed by atoms with van der Waals surface area (Å²) in [7, 11) is 0. The number of nitrogens with zero attached hydrogens (tertiary/aromatic N) is 3. The van der Waals surface area contributed by atoms with Crippen molar-refractivity contribution < 1.29 is 9.53 Å². The van der Waals surface area contributed by atoms with Crippen LogP contribution in [0.15, 0.2) is 35.2 Å². The molecule has 1 saturated heterocycles. The molecule has 0 aliphatic carbocycles. The van der Waals surface area contributed by atoms with Crippen LogP contribution in [0.1, 0.15) is 37.2 Å². The molecule has 1 aromatic heterocycles. The normalized spacial score (nSPS) is 16.8. The predicted octanol–water partition coefficient (Wildman–Crippen LogP) is 3.82. The number of hydrogen-bond donors (Lipinski definition) is 0. The number of carbonyl (C=O) groups is 1. The van der Waals surface area contributed by atoms with Gasteiger partial charge in [-0.25, -0.2) is 9.97 Å². The molecule has 0 saturated carbocycles. The van der Waals surface area contributed by atoms with E-state index in [0.29, 0.717) is 24.2 Å². The van der Waals surface area contributed by atoms with Crippen LogP contribution in [-0.2, 0) is 11.2 Å². The van der Waals surface area contributed by atoms with E-state index in [2.05, 4.69) is 48.1 Å². The number of likely N-dealkylation sites (tertiary alicyclic amines) is 1. The monoisotopic (exact) mass is 385 g/mol. The number of carbonyl (C=O) groups excluding carboxylic acids is 1. The molecule has 0 bridgehead atoms. The molecule has 1 aliphatic heterocycles. The van der Waals surface area contributed by atoms with Crippen molar-refractivity contribution >= 4 is 17.7 Å². The molecule has 1 amide bonds. The molecule has 0 unspecified atom stereocenters. The van der Waals surface area contributed by atoms with Gasteiger partial charge in [0, 0.05) is 34.5 Å². The third-order valence-corrected chi connectivity index (χ3v) is 5.40. The fourth-order valence-corrected chi connectivity index (χ4v) is 4.03. The minimum absolute atomic E-state index is 0.0417. The molecular weight excluding hydrogens is 358 g/mol. The lowest BCUT2D eigenvalue weighted by molar-refractivity contribution is -0.129. The van der Waals surface area contributed by atoms with Crippen LogP contribution in [0.2, 0.25) is 0 Å². The first-order chi connectivity index (χ1) is 12.9. The van der Waals surface area contributed by atoms with Gasteiger partial charge < -0.3 is 9.64 Å². The molecule has 6 heteroatoms. The highest BCUT2D eigenvalue weighted by molar-refractivity contribution is 7.99. The lowest BCUT2D eigenvalue weighted by Gasteiger charge is -2.17. The number of aryl methyl sites for hydroxylation is 2. The first kappa shape index (κ1) is 19.7. The summed E-state index contributed by atoms with van der Waals surface area (Å²) in [5.41, 5.74) is 2.83. The molecule has 1 atom stereocenters. The fourth-order valence-electron chi connectivity index (χ4n) is 3.19. The Morgan fingerprint density at radius 2 is 1.89 bits per heavy atom. The second-order valence-corrected chi connectivity index (χ2v) is 8.94. The maximum atomic E-state index is 12.6. The van der Waals surface area contributed by atoms with Crippen molar-refractivity contribution in [3.05, 3.63) is 47.3 Å². The molecule has 1 aliphatic rings. The van der Waals surface area contributed by atoms with E-state index in [9.17, 15) is 4.79 Å². The molecule has 0 spiro atoms. The van der Waals surface area contributed by atoms with Crippen LogP contribution in [0, 0.1) is 13.8 Å². The van der Waals surface area contributed by atoms with Crippen molar-refractivity contribution in [1.82, 2.24) is 14.9 Å². The molecule has 2 heterocycles. The summed E-state index contributed by atoms with van der Waals surface area (Å²) in [6.45, 7) is 9.52. The standard InChI is InChI=1S/C21H27N3O2S/c1-14(2)27-19-7-5-17(6-8-19)12-20(25)24-10-9-18(13-24)26-21-22-15(3)11-16(4)23-21/h5-8,11,14,18H,9-10,12-13H2,1-4H3/t18-/m0/s1. The van der Waals surface area contributed by atoms with E-state index in [4.69, 9.17) is 4.74 Å². The second kappa shape index (κ2) is 8.74. The molecule has 0 N–H and O–H groups in total. The van der Waals surface area contributed by atoms with Crippen LogP contribution in [0.5, 0.6) is 6.01 Å². The van der Waals surface area contributed by atoms with E-state index in [1.54, 1.807) is 0 Å². The number of ether oxygens (including phenoxy) is 1. The Morgan fingerprint density at radius 1 is 1.22 bits per heavy atom. The summed E-state index contributed by atoms with van der Waals surface area (Å²) in [5.74, 6) is 0.145. The summed E-state index contributed by atoms with van der Waals surface area (Å²) in [6, 6.07) is 10.6. The van der Waals surface area contributed by atoms with Crippen molar-refractivity contribution in [3.8, 4) is 6.01 Å². The molecule has 3 rings (SSSR count). The van der Waals surface area contributed by atoms with Gasteiger partial charge in [0.05, 0.1) is 13.0 Å². The average Bonchev–Trinajstić information content (AvgIpc) is 3.04. The van der Waals surface area contributed by atoms with Gasteiger partial charge in [-0.05, 0) is 37.6 Å². The van der Waals surface area contributed by atoms with Gasteiger partial charge in [0.1, 0.15) is 6.10 Å². The van der Waals surface area contributed by atoms with Crippen molar-refractivity contribution in [3.63, 3.8) is 0 Å². The van der Waals surface area contributed by atoms with E-state index < -0.39 is 0 Å². The molecule has 0 radical (unpaired) electrons. The smallest absolute Gasteiger partial charge is 0.317 e. The van der Waals surface area contributed by atoms with Gasteiger partial charge in [-0.1, -0.05) is 26.0 Å². The molecular formula is C21H27N3O2S. The molecule has 5 nitrogen and oxygen atoms in total. The maximum absolute atomic E-state index is 12.6. The molecule has 144 valence electrons. The summed E-state index contributed by atoms with van der Waals surface area (Å²) < 4.78 is 5.90. The highest BCUT2D eigenvalue weighted by Gasteiger charge is 2.28. The van der Waals surface area contributed by atoms with Crippen LogP contribution in [0.3, 0.4) is 0 Å². The predicted molar refractivity (Wildman–Crippen MR) is 108 cm³/mol. The summed E-state index contributed by atoms with van der Waals surface area (Å²) in [5, 5.41) is 0.556. The molecule has 1 aromatic carbocycles. The Kier molecular flexibility index (Phi) is 6.37. The summed E-state index contributed by atoms with van der Waals surface area (Å²) in [6.07, 6.45) is 1.20. The first-order valence-corrected chi connectivity index (χ1v) is 10.3. The van der Waals surface area contributed by atoms with Crippen molar-refractivity contribution in [2.24, 2.45) is 0 Å². The largest absolute Gasteiger partial charge is 0.458 e. The quantitative estimate of drug-likeness (QED) is 0.708. The third-order valence-electron chi connectivity index (χ3n) is 4.38. The van der Waals surface area contributed by atoms with E-state index in [1.165, 1.54) is 4.90 Å². The SMILES string of the molecule is Cc1cc(C)nc(O[C@H]2CCN(C(=O)Cc3ccc(SC(C)C)cc3)C2)n1. The maximum Gasteiger partial charge on any atom is 0.317 e. The minimum atomic E-state index is -0.0417. The van der Waals surface area contributed by atoms with Crippen LogP contribution in [0.4, 0.5) is 0 Å². The molecule has 1 fully saturated rings. The van der Waals surface area contributed by atoms with Gasteiger partial charge in [0.25, 0.3) is 0 Å².